The third-order valence-electron chi connectivity index (χ3n) is 2.07. The molecule has 0 saturated heterocycles. The predicted octanol–water partition coefficient (Wildman–Crippen LogP) is 1.34. The van der Waals surface area contributed by atoms with Crippen LogP contribution < -0.4 is 10.5 Å². The number of halogens is 2. The van der Waals surface area contributed by atoms with Gasteiger partial charge in [-0.2, -0.15) is 4.73 Å². The molecule has 1 heterocycles. The Morgan fingerprint density at radius 3 is 2.47 bits per heavy atom. The van der Waals surface area contributed by atoms with Gasteiger partial charge in [-0.25, -0.2) is 0 Å². The normalized spacial score (nSPS) is 11.9. The average molecular weight is 250 g/mol. The molecule has 0 amide bonds. The van der Waals surface area contributed by atoms with Crippen molar-refractivity contribution in [2.45, 2.75) is 13.8 Å². The molecule has 0 fully saturated rings. The number of amidine groups is 1. The molecule has 0 saturated carbocycles. The summed E-state index contributed by atoms with van der Waals surface area (Å²) in [7, 11) is 0. The second-order valence-electron chi connectivity index (χ2n) is 2.97. The molecule has 0 aliphatic carbocycles. The first-order valence-corrected chi connectivity index (χ1v) is 4.73. The van der Waals surface area contributed by atoms with E-state index in [0.29, 0.717) is 10.3 Å². The minimum Gasteiger partial charge on any atom is -0.617 e. The van der Waals surface area contributed by atoms with E-state index in [0.717, 1.165) is 0 Å². The molecule has 1 aromatic rings. The number of rotatable bonds is 1. The van der Waals surface area contributed by atoms with Crippen molar-refractivity contribution in [2.75, 3.05) is 0 Å². The Morgan fingerprint density at radius 1 is 1.47 bits per heavy atom. The van der Waals surface area contributed by atoms with Crippen LogP contribution in [0.15, 0.2) is 5.16 Å². The summed E-state index contributed by atoms with van der Waals surface area (Å²) in [4.78, 5) is 0. The van der Waals surface area contributed by atoms with Crippen LogP contribution in [-0.2, 0) is 0 Å². The molecule has 1 rings (SSSR count). The van der Waals surface area contributed by atoms with Crippen molar-refractivity contribution in [1.29, 1.82) is 0 Å². The van der Waals surface area contributed by atoms with E-state index in [9.17, 15) is 5.21 Å². The van der Waals surface area contributed by atoms with Crippen LogP contribution in [0.2, 0.25) is 10.2 Å². The second kappa shape index (κ2) is 4.12. The molecule has 0 atom stereocenters. The lowest BCUT2D eigenvalue weighted by molar-refractivity contribution is -0.610. The second-order valence-corrected chi connectivity index (χ2v) is 3.71. The number of nitrogens with two attached hydrogens (primary N) is 1. The summed E-state index contributed by atoms with van der Waals surface area (Å²) in [5.74, 6) is -0.246. The lowest BCUT2D eigenvalue weighted by atomic mass is 10.1. The molecule has 15 heavy (non-hydrogen) atoms. The van der Waals surface area contributed by atoms with Gasteiger partial charge in [0.25, 0.3) is 5.15 Å². The van der Waals surface area contributed by atoms with E-state index in [4.69, 9.17) is 34.1 Å². The minimum absolute atomic E-state index is 0.143. The zero-order chi connectivity index (χ0) is 11.7. The summed E-state index contributed by atoms with van der Waals surface area (Å²) < 4.78 is 0.435. The van der Waals surface area contributed by atoms with Gasteiger partial charge in [-0.05, 0) is 24.1 Å². The van der Waals surface area contributed by atoms with Gasteiger partial charge in [0.15, 0.2) is 5.84 Å². The maximum Gasteiger partial charge on any atom is 0.298 e. The van der Waals surface area contributed by atoms with Gasteiger partial charge in [0.05, 0.1) is 0 Å². The average Bonchev–Trinajstić information content (AvgIpc) is 2.23. The molecular formula is C8H9Cl2N3O2. The van der Waals surface area contributed by atoms with Gasteiger partial charge in [0.1, 0.15) is 10.6 Å². The highest BCUT2D eigenvalue weighted by Gasteiger charge is 2.23. The van der Waals surface area contributed by atoms with Crippen molar-refractivity contribution in [1.82, 2.24) is 0 Å². The van der Waals surface area contributed by atoms with Crippen LogP contribution in [0.5, 0.6) is 0 Å². The summed E-state index contributed by atoms with van der Waals surface area (Å²) >= 11 is 11.7. The van der Waals surface area contributed by atoms with Crippen molar-refractivity contribution < 1.29 is 9.94 Å². The van der Waals surface area contributed by atoms with Gasteiger partial charge >= 0.3 is 0 Å². The van der Waals surface area contributed by atoms with E-state index >= 15 is 0 Å². The summed E-state index contributed by atoms with van der Waals surface area (Å²) in [6.45, 7) is 3.17. The summed E-state index contributed by atoms with van der Waals surface area (Å²) in [5.41, 5.74) is 6.31. The van der Waals surface area contributed by atoms with Crippen molar-refractivity contribution in [3.8, 4) is 0 Å². The summed E-state index contributed by atoms with van der Waals surface area (Å²) in [5, 5.41) is 22.9. The first kappa shape index (κ1) is 11.9. The number of hydrogen-bond acceptors (Lipinski definition) is 3. The zero-order valence-corrected chi connectivity index (χ0v) is 9.60. The van der Waals surface area contributed by atoms with Gasteiger partial charge in [-0.1, -0.05) is 16.8 Å². The molecular weight excluding hydrogens is 241 g/mol. The smallest absolute Gasteiger partial charge is 0.298 e. The molecule has 0 aliphatic heterocycles. The fraction of sp³-hybridized carbons (Fsp3) is 0.250. The summed E-state index contributed by atoms with van der Waals surface area (Å²) in [6, 6.07) is 0. The number of aromatic nitrogens is 1. The lowest BCUT2D eigenvalue weighted by Crippen LogP contribution is -2.35. The van der Waals surface area contributed by atoms with Crippen LogP contribution in [-0.4, -0.2) is 11.0 Å². The van der Waals surface area contributed by atoms with Gasteiger partial charge < -0.3 is 16.1 Å². The van der Waals surface area contributed by atoms with Crippen molar-refractivity contribution in [2.24, 2.45) is 10.9 Å². The highest BCUT2D eigenvalue weighted by atomic mass is 35.5. The Hall–Kier alpha value is -1.20. The molecule has 0 spiro atoms. The van der Waals surface area contributed by atoms with Gasteiger partial charge in [0.2, 0.25) is 5.69 Å². The van der Waals surface area contributed by atoms with E-state index in [-0.39, 0.29) is 27.3 Å². The number of hydrogen-bond donors (Lipinski definition) is 2. The Labute approximate surface area is 96.3 Å². The van der Waals surface area contributed by atoms with Crippen LogP contribution in [0.4, 0.5) is 0 Å². The van der Waals surface area contributed by atoms with E-state index in [1.54, 1.807) is 6.92 Å². The highest BCUT2D eigenvalue weighted by molar-refractivity contribution is 6.35. The van der Waals surface area contributed by atoms with Crippen molar-refractivity contribution in [3.63, 3.8) is 0 Å². The van der Waals surface area contributed by atoms with E-state index < -0.39 is 0 Å². The molecule has 7 heteroatoms. The molecule has 0 unspecified atom stereocenters. The monoisotopic (exact) mass is 249 g/mol. The van der Waals surface area contributed by atoms with Crippen LogP contribution in [0.3, 0.4) is 0 Å². The van der Waals surface area contributed by atoms with Crippen LogP contribution in [0, 0.1) is 19.1 Å². The molecule has 82 valence electrons. The van der Waals surface area contributed by atoms with Gasteiger partial charge in [-0.3, -0.25) is 0 Å². The minimum atomic E-state index is -0.246. The number of oxime groups is 1. The van der Waals surface area contributed by atoms with Gasteiger partial charge in [-0.15, -0.1) is 0 Å². The van der Waals surface area contributed by atoms with Crippen LogP contribution >= 0.6 is 23.2 Å². The fourth-order valence-electron chi connectivity index (χ4n) is 1.22. The standard InChI is InChI=1S/C8H9Cl2N3O2/c1-3-5(8(11)12-14)7(10)13(15)4(2)6(3)9/h14H,1-2H3,(H2,11,12). The Bertz CT molecular complexity index is 417. The fourth-order valence-corrected chi connectivity index (χ4v) is 1.76. The molecule has 0 aliphatic rings. The third-order valence-corrected chi connectivity index (χ3v) is 2.97. The topological polar surface area (TPSA) is 85.5 Å². The molecule has 3 N–H and O–H groups in total. The first-order valence-electron chi connectivity index (χ1n) is 3.97. The SMILES string of the molecule is Cc1c(Cl)c(C)[n+]([O-])c(Cl)c1C(N)=NO. The number of nitrogens with zero attached hydrogens (tertiary/aromatic N) is 2. The molecule has 0 radical (unpaired) electrons. The van der Waals surface area contributed by atoms with E-state index in [1.165, 1.54) is 6.92 Å². The first-order chi connectivity index (χ1) is 6.91. The lowest BCUT2D eigenvalue weighted by Gasteiger charge is -2.11. The maximum atomic E-state index is 11.5. The Morgan fingerprint density at radius 2 is 2.00 bits per heavy atom. The molecule has 0 bridgehead atoms. The van der Waals surface area contributed by atoms with Crippen LogP contribution in [0.25, 0.3) is 0 Å². The van der Waals surface area contributed by atoms with Gasteiger partial charge in [0, 0.05) is 6.92 Å². The summed E-state index contributed by atoms with van der Waals surface area (Å²) in [6.07, 6.45) is 0. The van der Waals surface area contributed by atoms with Crippen LogP contribution in [0.1, 0.15) is 16.8 Å². The van der Waals surface area contributed by atoms with Crippen molar-refractivity contribution >= 4 is 29.0 Å². The molecule has 1 aromatic heterocycles. The molecule has 0 aromatic carbocycles. The molecule has 5 nitrogen and oxygen atoms in total. The van der Waals surface area contributed by atoms with E-state index in [2.05, 4.69) is 5.16 Å². The quantitative estimate of drug-likeness (QED) is 0.150. The third kappa shape index (κ3) is 1.80. The van der Waals surface area contributed by atoms with Crippen molar-refractivity contribution in [3.05, 3.63) is 32.2 Å². The van der Waals surface area contributed by atoms with E-state index in [1.807, 2.05) is 0 Å². The Balaban J connectivity index is 3.67. The highest BCUT2D eigenvalue weighted by Crippen LogP contribution is 2.25. The largest absolute Gasteiger partial charge is 0.617 e. The number of pyridine rings is 1. The predicted molar refractivity (Wildman–Crippen MR) is 57.4 cm³/mol. The maximum absolute atomic E-state index is 11.5. The zero-order valence-electron chi connectivity index (χ0n) is 8.08. The Kier molecular flexibility index (Phi) is 3.26.